The first kappa shape index (κ1) is 15.8. The van der Waals surface area contributed by atoms with Gasteiger partial charge in [-0.3, -0.25) is 4.79 Å². The van der Waals surface area contributed by atoms with Gasteiger partial charge in [-0.1, -0.05) is 37.3 Å². The van der Waals surface area contributed by atoms with Crippen LogP contribution in [0.3, 0.4) is 0 Å². The number of carbonyl (C=O) groups is 1. The number of rotatable bonds is 4. The van der Waals surface area contributed by atoms with Crippen molar-refractivity contribution in [3.05, 3.63) is 35.9 Å². The monoisotopic (exact) mass is 300 g/mol. The topological polar surface area (TPSA) is 32.3 Å². The average Bonchev–Trinajstić information content (AvgIpc) is 2.83. The van der Waals surface area contributed by atoms with Gasteiger partial charge in [0.1, 0.15) is 6.54 Å². The highest BCUT2D eigenvalue weighted by Crippen LogP contribution is 2.22. The molecule has 1 fully saturated rings. The lowest BCUT2D eigenvalue weighted by Gasteiger charge is -2.28. The number of nitrogens with zero attached hydrogens (tertiary/aromatic N) is 1. The van der Waals surface area contributed by atoms with E-state index in [1.54, 1.807) is 30.3 Å². The summed E-state index contributed by atoms with van der Waals surface area (Å²) in [5.74, 6) is -0.412. The predicted molar refractivity (Wildman–Crippen MR) is 73.5 cm³/mol. The van der Waals surface area contributed by atoms with Crippen LogP contribution in [-0.2, 0) is 11.3 Å². The number of nitrogens with one attached hydrogen (secondary N) is 1. The summed E-state index contributed by atoms with van der Waals surface area (Å²) in [6, 6.07) is 8.23. The Labute approximate surface area is 122 Å². The average molecular weight is 300 g/mol. The zero-order valence-electron chi connectivity index (χ0n) is 11.9. The van der Waals surface area contributed by atoms with Crippen LogP contribution in [0.25, 0.3) is 0 Å². The van der Waals surface area contributed by atoms with Gasteiger partial charge in [0.2, 0.25) is 5.91 Å². The van der Waals surface area contributed by atoms with Crippen LogP contribution in [0.2, 0.25) is 0 Å². The van der Waals surface area contributed by atoms with Gasteiger partial charge in [0.15, 0.2) is 0 Å². The van der Waals surface area contributed by atoms with Crippen LogP contribution in [-0.4, -0.2) is 36.1 Å². The van der Waals surface area contributed by atoms with Gasteiger partial charge in [0.25, 0.3) is 0 Å². The molecule has 21 heavy (non-hydrogen) atoms. The molecule has 0 bridgehead atoms. The van der Waals surface area contributed by atoms with Crippen molar-refractivity contribution < 1.29 is 18.0 Å². The molecule has 0 aliphatic carbocycles. The molecule has 2 atom stereocenters. The predicted octanol–water partition coefficient (Wildman–Crippen LogP) is 2.58. The number of hydrogen-bond donors (Lipinski definition) is 1. The number of benzene rings is 1. The minimum atomic E-state index is -4.40. The Morgan fingerprint density at radius 1 is 1.33 bits per heavy atom. The van der Waals surface area contributed by atoms with E-state index in [1.165, 1.54) is 0 Å². The van der Waals surface area contributed by atoms with Crippen LogP contribution in [0.15, 0.2) is 30.3 Å². The Hall–Kier alpha value is -1.56. The molecule has 1 aromatic carbocycles. The smallest absolute Gasteiger partial charge is 0.328 e. The van der Waals surface area contributed by atoms with Gasteiger partial charge in [-0.25, -0.2) is 0 Å². The highest BCUT2D eigenvalue weighted by Gasteiger charge is 2.38. The van der Waals surface area contributed by atoms with E-state index in [1.807, 2.05) is 6.92 Å². The molecular weight excluding hydrogens is 281 g/mol. The van der Waals surface area contributed by atoms with Gasteiger partial charge in [0.05, 0.1) is 6.04 Å². The maximum absolute atomic E-state index is 12.7. The number of hydrogen-bond acceptors (Lipinski definition) is 2. The number of halogens is 3. The molecule has 2 unspecified atom stereocenters. The van der Waals surface area contributed by atoms with E-state index in [0.717, 1.165) is 11.3 Å². The molecule has 0 radical (unpaired) electrons. The fourth-order valence-corrected chi connectivity index (χ4v) is 2.59. The lowest BCUT2D eigenvalue weighted by atomic mass is 10.0. The largest absolute Gasteiger partial charge is 0.406 e. The lowest BCUT2D eigenvalue weighted by Crippen LogP contribution is -2.48. The SMILES string of the molecule is CC1CCNC1C(=O)N(Cc1ccccc1)CC(F)(F)F. The summed E-state index contributed by atoms with van der Waals surface area (Å²) in [7, 11) is 0. The zero-order chi connectivity index (χ0) is 15.5. The summed E-state index contributed by atoms with van der Waals surface area (Å²) in [6.07, 6.45) is -3.59. The van der Waals surface area contributed by atoms with Crippen LogP contribution < -0.4 is 5.32 Å². The van der Waals surface area contributed by atoms with Crippen LogP contribution in [0.5, 0.6) is 0 Å². The quantitative estimate of drug-likeness (QED) is 0.927. The Kier molecular flexibility index (Phi) is 4.88. The van der Waals surface area contributed by atoms with E-state index in [2.05, 4.69) is 5.32 Å². The molecule has 1 saturated heterocycles. The zero-order valence-corrected chi connectivity index (χ0v) is 11.9. The van der Waals surface area contributed by atoms with Gasteiger partial charge in [0, 0.05) is 6.54 Å². The normalized spacial score (nSPS) is 22.3. The summed E-state index contributed by atoms with van der Waals surface area (Å²) in [4.78, 5) is 13.3. The van der Waals surface area contributed by atoms with Crippen molar-refractivity contribution in [1.82, 2.24) is 10.2 Å². The Morgan fingerprint density at radius 3 is 2.52 bits per heavy atom. The molecule has 1 amide bonds. The minimum Gasteiger partial charge on any atom is -0.328 e. The third-order valence-electron chi connectivity index (χ3n) is 3.70. The van der Waals surface area contributed by atoms with Gasteiger partial charge in [-0.15, -0.1) is 0 Å². The molecule has 6 heteroatoms. The maximum atomic E-state index is 12.7. The van der Waals surface area contributed by atoms with E-state index in [0.29, 0.717) is 12.1 Å². The molecule has 3 nitrogen and oxygen atoms in total. The first-order chi connectivity index (χ1) is 9.87. The van der Waals surface area contributed by atoms with Crippen molar-refractivity contribution >= 4 is 5.91 Å². The fourth-order valence-electron chi connectivity index (χ4n) is 2.59. The molecule has 1 heterocycles. The summed E-state index contributed by atoms with van der Waals surface area (Å²) in [5, 5.41) is 3.00. The van der Waals surface area contributed by atoms with Crippen molar-refractivity contribution in [3.8, 4) is 0 Å². The number of alkyl halides is 3. The Morgan fingerprint density at radius 2 is 2.00 bits per heavy atom. The molecule has 116 valence electrons. The van der Waals surface area contributed by atoms with E-state index in [4.69, 9.17) is 0 Å². The molecule has 1 aliphatic heterocycles. The van der Waals surface area contributed by atoms with Crippen LogP contribution in [0, 0.1) is 5.92 Å². The van der Waals surface area contributed by atoms with Gasteiger partial charge in [-0.05, 0) is 24.4 Å². The molecule has 1 aliphatic rings. The van der Waals surface area contributed by atoms with Crippen molar-refractivity contribution in [2.24, 2.45) is 5.92 Å². The summed E-state index contributed by atoms with van der Waals surface area (Å²) in [6.45, 7) is 1.31. The van der Waals surface area contributed by atoms with Crippen LogP contribution in [0.4, 0.5) is 13.2 Å². The van der Waals surface area contributed by atoms with Crippen molar-refractivity contribution in [3.63, 3.8) is 0 Å². The number of amides is 1. The summed E-state index contributed by atoms with van der Waals surface area (Å²) < 4.78 is 38.2. The van der Waals surface area contributed by atoms with E-state index in [9.17, 15) is 18.0 Å². The van der Waals surface area contributed by atoms with Gasteiger partial charge < -0.3 is 10.2 Å². The first-order valence-corrected chi connectivity index (χ1v) is 6.99. The second-order valence-electron chi connectivity index (χ2n) is 5.49. The van der Waals surface area contributed by atoms with E-state index in [-0.39, 0.29) is 12.5 Å². The van der Waals surface area contributed by atoms with Gasteiger partial charge in [-0.2, -0.15) is 13.2 Å². The minimum absolute atomic E-state index is 0.0237. The summed E-state index contributed by atoms with van der Waals surface area (Å²) in [5.41, 5.74) is 0.695. The van der Waals surface area contributed by atoms with Crippen LogP contribution >= 0.6 is 0 Å². The molecule has 0 aromatic heterocycles. The van der Waals surface area contributed by atoms with E-state index >= 15 is 0 Å². The molecule has 2 rings (SSSR count). The molecular formula is C15H19F3N2O. The lowest BCUT2D eigenvalue weighted by molar-refractivity contribution is -0.164. The Balaban J connectivity index is 2.13. The van der Waals surface area contributed by atoms with Crippen molar-refractivity contribution in [2.75, 3.05) is 13.1 Å². The van der Waals surface area contributed by atoms with Crippen molar-refractivity contribution in [2.45, 2.75) is 32.1 Å². The highest BCUT2D eigenvalue weighted by atomic mass is 19.4. The second-order valence-corrected chi connectivity index (χ2v) is 5.49. The second kappa shape index (κ2) is 6.47. The molecule has 1 aromatic rings. The highest BCUT2D eigenvalue weighted by molar-refractivity contribution is 5.82. The molecule has 0 spiro atoms. The van der Waals surface area contributed by atoms with E-state index < -0.39 is 24.7 Å². The van der Waals surface area contributed by atoms with Crippen molar-refractivity contribution in [1.29, 1.82) is 0 Å². The summed E-state index contributed by atoms with van der Waals surface area (Å²) >= 11 is 0. The fraction of sp³-hybridized carbons (Fsp3) is 0.533. The third kappa shape index (κ3) is 4.46. The number of carbonyl (C=O) groups excluding carboxylic acids is 1. The molecule has 0 saturated carbocycles. The van der Waals surface area contributed by atoms with Gasteiger partial charge >= 0.3 is 6.18 Å². The standard InChI is InChI=1S/C15H19F3N2O/c1-11-7-8-19-13(11)14(21)20(10-15(16,17)18)9-12-5-3-2-4-6-12/h2-6,11,13,19H,7-10H2,1H3. The molecule has 1 N–H and O–H groups in total. The third-order valence-corrected chi connectivity index (χ3v) is 3.70. The van der Waals surface area contributed by atoms with Crippen LogP contribution in [0.1, 0.15) is 18.9 Å². The maximum Gasteiger partial charge on any atom is 0.406 e. The first-order valence-electron chi connectivity index (χ1n) is 6.99. The Bertz CT molecular complexity index is 476.